The van der Waals surface area contributed by atoms with Gasteiger partial charge in [-0.2, -0.15) is 11.8 Å². The van der Waals surface area contributed by atoms with Crippen molar-refractivity contribution in [1.82, 2.24) is 5.06 Å². The van der Waals surface area contributed by atoms with Crippen molar-refractivity contribution >= 4 is 17.7 Å². The monoisotopic (exact) mass is 174 g/mol. The van der Waals surface area contributed by atoms with E-state index in [9.17, 15) is 4.79 Å². The summed E-state index contributed by atoms with van der Waals surface area (Å²) in [7, 11) is 0. The molecular weight excluding hydrogens is 164 g/mol. The third-order valence-corrected chi connectivity index (χ3v) is 3.12. The smallest absolute Gasteiger partial charge is 0.265 e. The van der Waals surface area contributed by atoms with Crippen LogP contribution in [0.15, 0.2) is 0 Å². The van der Waals surface area contributed by atoms with Gasteiger partial charge in [-0.1, -0.05) is 0 Å². The molecule has 2 saturated heterocycles. The van der Waals surface area contributed by atoms with Crippen molar-refractivity contribution in [2.45, 2.75) is 12.1 Å². The molecule has 0 aromatic heterocycles. The molecule has 0 aromatic rings. The van der Waals surface area contributed by atoms with Gasteiger partial charge in [-0.25, -0.2) is 5.06 Å². The lowest BCUT2D eigenvalue weighted by molar-refractivity contribution is -0.170. The van der Waals surface area contributed by atoms with Crippen molar-refractivity contribution in [3.8, 4) is 0 Å². The summed E-state index contributed by atoms with van der Waals surface area (Å²) in [5.41, 5.74) is 5.46. The van der Waals surface area contributed by atoms with Gasteiger partial charge < -0.3 is 5.73 Å². The minimum atomic E-state index is -0.430. The fraction of sp³-hybridized carbons (Fsp3) is 0.833. The van der Waals surface area contributed by atoms with Gasteiger partial charge in [-0.05, 0) is 0 Å². The first-order chi connectivity index (χ1) is 5.29. The van der Waals surface area contributed by atoms with Gasteiger partial charge in [-0.15, -0.1) is 0 Å². The predicted molar refractivity (Wildman–Crippen MR) is 41.9 cm³/mol. The lowest BCUT2D eigenvalue weighted by Crippen LogP contribution is -2.46. The van der Waals surface area contributed by atoms with Crippen molar-refractivity contribution in [1.29, 1.82) is 0 Å². The summed E-state index contributed by atoms with van der Waals surface area (Å²) < 4.78 is 0. The molecule has 1 amide bonds. The van der Waals surface area contributed by atoms with E-state index in [1.807, 2.05) is 11.8 Å². The summed E-state index contributed by atoms with van der Waals surface area (Å²) in [6.45, 7) is 0.347. The van der Waals surface area contributed by atoms with Gasteiger partial charge in [0.25, 0.3) is 5.91 Å². The first-order valence-electron chi connectivity index (χ1n) is 3.58. The number of carbonyl (C=O) groups is 1. The van der Waals surface area contributed by atoms with Crippen LogP contribution in [0.25, 0.3) is 0 Å². The van der Waals surface area contributed by atoms with Crippen LogP contribution in [-0.4, -0.2) is 41.2 Å². The van der Waals surface area contributed by atoms with Crippen molar-refractivity contribution in [2.24, 2.45) is 5.73 Å². The average molecular weight is 174 g/mol. The second-order valence-electron chi connectivity index (χ2n) is 2.76. The minimum absolute atomic E-state index is 0.0599. The molecule has 0 radical (unpaired) electrons. The number of hydroxylamine groups is 2. The number of amides is 1. The van der Waals surface area contributed by atoms with Crippen LogP contribution < -0.4 is 5.73 Å². The number of rotatable bonds is 1. The largest absolute Gasteiger partial charge is 0.318 e. The number of nitrogens with two attached hydrogens (primary N) is 1. The molecule has 0 bridgehead atoms. The van der Waals surface area contributed by atoms with Gasteiger partial charge in [0, 0.05) is 11.5 Å². The van der Waals surface area contributed by atoms with E-state index in [1.54, 1.807) is 0 Å². The van der Waals surface area contributed by atoms with Crippen LogP contribution in [0.1, 0.15) is 0 Å². The van der Waals surface area contributed by atoms with Crippen molar-refractivity contribution in [2.75, 3.05) is 18.1 Å². The highest BCUT2D eigenvalue weighted by molar-refractivity contribution is 8.00. The molecule has 2 fully saturated rings. The molecule has 11 heavy (non-hydrogen) atoms. The van der Waals surface area contributed by atoms with Crippen LogP contribution in [0.5, 0.6) is 0 Å². The quantitative estimate of drug-likeness (QED) is 0.565. The van der Waals surface area contributed by atoms with Crippen LogP contribution in [0.2, 0.25) is 0 Å². The van der Waals surface area contributed by atoms with Gasteiger partial charge in [-0.3, -0.25) is 9.63 Å². The van der Waals surface area contributed by atoms with Crippen LogP contribution in [0.3, 0.4) is 0 Å². The number of hydrogen-bond donors (Lipinski definition) is 1. The molecule has 2 N–H and O–H groups in total. The van der Waals surface area contributed by atoms with Crippen LogP contribution in [0.4, 0.5) is 0 Å². The molecule has 2 aliphatic rings. The zero-order valence-corrected chi connectivity index (χ0v) is 6.84. The van der Waals surface area contributed by atoms with Gasteiger partial charge in [0.1, 0.15) is 6.04 Å². The maximum absolute atomic E-state index is 11.2. The summed E-state index contributed by atoms with van der Waals surface area (Å²) in [5.74, 6) is 1.91. The third-order valence-electron chi connectivity index (χ3n) is 1.88. The summed E-state index contributed by atoms with van der Waals surface area (Å²) >= 11 is 1.82. The fourth-order valence-corrected chi connectivity index (χ4v) is 1.82. The Kier molecular flexibility index (Phi) is 1.78. The first kappa shape index (κ1) is 7.39. The SMILES string of the molecule is NC1CON(C2CSC2)C1=O. The van der Waals surface area contributed by atoms with Gasteiger partial charge in [0.05, 0.1) is 12.6 Å². The lowest BCUT2D eigenvalue weighted by Gasteiger charge is -2.31. The zero-order chi connectivity index (χ0) is 7.84. The highest BCUT2D eigenvalue weighted by atomic mass is 32.2. The standard InChI is InChI=1S/C6H10N2O2S/c7-5-1-10-8(6(5)9)4-2-11-3-4/h4-5H,1-3,7H2. The van der Waals surface area contributed by atoms with Gasteiger partial charge >= 0.3 is 0 Å². The van der Waals surface area contributed by atoms with Gasteiger partial charge in [0.15, 0.2) is 0 Å². The Labute approximate surface area is 69.0 Å². The summed E-state index contributed by atoms with van der Waals surface area (Å²) in [6, 6.07) is -0.151. The second kappa shape index (κ2) is 2.66. The molecule has 62 valence electrons. The van der Waals surface area contributed by atoms with Gasteiger partial charge in [0.2, 0.25) is 0 Å². The Bertz CT molecular complexity index is 183. The third kappa shape index (κ3) is 1.13. The van der Waals surface area contributed by atoms with Crippen molar-refractivity contribution < 1.29 is 9.63 Å². The summed E-state index contributed by atoms with van der Waals surface area (Å²) in [6.07, 6.45) is 0. The molecular formula is C6H10N2O2S. The number of thioether (sulfide) groups is 1. The van der Waals surface area contributed by atoms with E-state index >= 15 is 0 Å². The normalized spacial score (nSPS) is 32.6. The van der Waals surface area contributed by atoms with E-state index in [0.29, 0.717) is 6.61 Å². The summed E-state index contributed by atoms with van der Waals surface area (Å²) in [4.78, 5) is 16.3. The van der Waals surface area contributed by atoms with E-state index < -0.39 is 6.04 Å². The molecule has 0 saturated carbocycles. The molecule has 0 aliphatic carbocycles. The molecule has 2 heterocycles. The molecule has 0 aromatic carbocycles. The first-order valence-corrected chi connectivity index (χ1v) is 4.74. The maximum Gasteiger partial charge on any atom is 0.265 e. The molecule has 1 unspecified atom stereocenters. The highest BCUT2D eigenvalue weighted by Crippen LogP contribution is 2.25. The van der Waals surface area contributed by atoms with E-state index in [-0.39, 0.29) is 11.9 Å². The van der Waals surface area contributed by atoms with Crippen LogP contribution in [0, 0.1) is 0 Å². The van der Waals surface area contributed by atoms with Crippen LogP contribution >= 0.6 is 11.8 Å². The predicted octanol–water partition coefficient (Wildman–Crippen LogP) is -0.797. The van der Waals surface area contributed by atoms with E-state index in [4.69, 9.17) is 10.6 Å². The molecule has 5 heteroatoms. The topological polar surface area (TPSA) is 55.6 Å². The Morgan fingerprint density at radius 3 is 2.73 bits per heavy atom. The second-order valence-corrected chi connectivity index (χ2v) is 3.83. The molecule has 4 nitrogen and oxygen atoms in total. The average Bonchev–Trinajstić information content (AvgIpc) is 2.15. The fourth-order valence-electron chi connectivity index (χ4n) is 1.10. The number of hydrogen-bond acceptors (Lipinski definition) is 4. The highest BCUT2D eigenvalue weighted by Gasteiger charge is 2.38. The van der Waals surface area contributed by atoms with Crippen molar-refractivity contribution in [3.63, 3.8) is 0 Å². The minimum Gasteiger partial charge on any atom is -0.318 e. The maximum atomic E-state index is 11.2. The zero-order valence-electron chi connectivity index (χ0n) is 6.03. The van der Waals surface area contributed by atoms with Crippen LogP contribution in [-0.2, 0) is 9.63 Å². The Morgan fingerprint density at radius 2 is 2.36 bits per heavy atom. The Morgan fingerprint density at radius 1 is 1.64 bits per heavy atom. The Hall–Kier alpha value is -0.260. The van der Waals surface area contributed by atoms with E-state index in [2.05, 4.69) is 0 Å². The van der Waals surface area contributed by atoms with E-state index in [0.717, 1.165) is 11.5 Å². The molecule has 0 spiro atoms. The lowest BCUT2D eigenvalue weighted by atomic mass is 10.3. The van der Waals surface area contributed by atoms with E-state index in [1.165, 1.54) is 5.06 Å². The summed E-state index contributed by atoms with van der Waals surface area (Å²) in [5, 5.41) is 1.45. The number of nitrogens with zero attached hydrogens (tertiary/aromatic N) is 1. The molecule has 2 rings (SSSR count). The van der Waals surface area contributed by atoms with Crippen molar-refractivity contribution in [3.05, 3.63) is 0 Å². The molecule has 1 atom stereocenters. The number of carbonyl (C=O) groups excluding carboxylic acids is 1. The Balaban J connectivity index is 1.98. The molecule has 2 aliphatic heterocycles.